The molecule has 4 N–H and O–H groups in total. The van der Waals surface area contributed by atoms with Gasteiger partial charge in [-0.05, 0) is 183 Å². The summed E-state index contributed by atoms with van der Waals surface area (Å²) in [5.74, 6) is 12.9. The number of nitrogens with zero attached hydrogens (tertiary/aromatic N) is 10. The van der Waals surface area contributed by atoms with Gasteiger partial charge in [-0.25, -0.2) is 36.9 Å². The van der Waals surface area contributed by atoms with Crippen molar-refractivity contribution in [2.24, 2.45) is 29.4 Å². The van der Waals surface area contributed by atoms with E-state index < -0.39 is 28.9 Å². The number of thioether (sulfide) groups is 4. The van der Waals surface area contributed by atoms with Crippen LogP contribution in [0.25, 0.3) is 50.7 Å². The Bertz CT molecular complexity index is 4300. The number of carbonyl (C=O) groups is 1. The van der Waals surface area contributed by atoms with E-state index in [4.69, 9.17) is 22.6 Å². The number of hydrogen-bond donors (Lipinski definition) is 3. The highest BCUT2D eigenvalue weighted by atomic mass is 35.5. The maximum Gasteiger partial charge on any atom is 0.573 e. The fraction of sp³-hybridized carbons (Fsp3) is 0.500. The summed E-state index contributed by atoms with van der Waals surface area (Å²) in [4.78, 5) is 23.1. The molecule has 0 atom stereocenters. The van der Waals surface area contributed by atoms with Crippen LogP contribution in [0.3, 0.4) is 0 Å². The molecule has 0 radical (unpaired) electrons. The Morgan fingerprint density at radius 2 is 0.818 bits per heavy atom. The SMILES string of the molecule is C.C.C.C.C.C.C.C.FC(F)(F)Oc1cccc(-c2cnc3ccc(Cl)nn23)c1.FC(F)(F)Oc1cccc(-c2cnc3ccc(NCC4CCSCC4)nn23)c1.N#CC1CCSCC1.NCC1CCSCC1.O=C1CCSCC1.O=S1(=O)CCC(CNc2ccc3ncc(-c4cccc(OC(F)(F)F)c4)n3n2)CC1. The minimum absolute atomic E-state index is 0. The molecule has 14 rings (SSSR count). The molecule has 11 heterocycles. The van der Waals surface area contributed by atoms with Crippen LogP contribution in [0.2, 0.25) is 5.15 Å². The first-order valence-electron chi connectivity index (χ1n) is 32.7. The van der Waals surface area contributed by atoms with E-state index in [-0.39, 0.29) is 99.2 Å². The van der Waals surface area contributed by atoms with Crippen LogP contribution in [-0.2, 0) is 14.6 Å². The molecule has 0 saturated carbocycles. The average molecular weight is 1670 g/mol. The minimum Gasteiger partial charge on any atom is -0.406 e. The number of anilines is 2. The molecular formula is C76H107ClF9N13O6S5. The number of ketones is 1. The lowest BCUT2D eigenvalue weighted by Gasteiger charge is -2.22. The van der Waals surface area contributed by atoms with Gasteiger partial charge in [-0.2, -0.15) is 57.4 Å². The Hall–Kier alpha value is -7.35. The van der Waals surface area contributed by atoms with Gasteiger partial charge in [0.25, 0.3) is 0 Å². The molecule has 5 aliphatic rings. The highest BCUT2D eigenvalue weighted by Crippen LogP contribution is 2.33. The Kier molecular flexibility index (Phi) is 44.4. The minimum atomic E-state index is -4.77. The number of halogens is 10. The summed E-state index contributed by atoms with van der Waals surface area (Å²) >= 11 is 13.7. The van der Waals surface area contributed by atoms with Crippen LogP contribution in [0.1, 0.15) is 124 Å². The summed E-state index contributed by atoms with van der Waals surface area (Å²) < 4.78 is 151. The molecule has 5 fully saturated rings. The highest BCUT2D eigenvalue weighted by molar-refractivity contribution is 8.00. The number of hydrogen-bond acceptors (Lipinski definition) is 20. The van der Waals surface area contributed by atoms with E-state index in [1.165, 1.54) is 132 Å². The molecule has 0 amide bonds. The number of nitrogens with one attached hydrogen (secondary N) is 2. The van der Waals surface area contributed by atoms with Crippen LogP contribution in [0.5, 0.6) is 17.2 Å². The quantitative estimate of drug-likeness (QED) is 0.0909. The Morgan fingerprint density at radius 1 is 0.482 bits per heavy atom. The third kappa shape index (κ3) is 33.1. The number of aromatic nitrogens is 9. The molecule has 34 heteroatoms. The van der Waals surface area contributed by atoms with E-state index in [2.05, 4.69) is 72.9 Å². The molecule has 0 unspecified atom stereocenters. The van der Waals surface area contributed by atoms with Gasteiger partial charge >= 0.3 is 19.1 Å². The van der Waals surface area contributed by atoms with Crippen LogP contribution < -0.4 is 30.6 Å². The monoisotopic (exact) mass is 1660 g/mol. The molecule has 0 spiro atoms. The maximum atomic E-state index is 12.5. The zero-order chi connectivity index (χ0) is 72.7. The Labute approximate surface area is 664 Å². The fourth-order valence-electron chi connectivity index (χ4n) is 10.9. The zero-order valence-electron chi connectivity index (χ0n) is 55.0. The third-order valence-corrected chi connectivity index (χ3v) is 22.5. The third-order valence-electron chi connectivity index (χ3n) is 16.4. The standard InChI is InChI=1S/C19H19F3N4O3S.C19H19F3N4OS.C13H7ClF3N3O.C6H13NS.C6H9NS.C5H8OS.8CH4/c20-19(21,22)29-15-3-1-2-14(10-15)16-12-24-18-5-4-17(25-26(16)18)23-11-13-6-8-30(27,28)9-7-13;20-19(21,22)27-15-3-1-2-14(10-15)16-12-24-18-5-4-17(25-26(16)18)23-11-13-6-8-28-9-7-13;14-11-4-5-12-18-7-10(20(12)19-11)8-2-1-3-9(6-8)21-13(15,16)17;2*7-5-6-1-3-8-4-2-6;6-5-1-3-7-4-2-5;;;;;;;;/h1-5,10,12-13H,6-9,11H2,(H,23,25);1-5,10,12-13H,6-9,11H2,(H,23,25);1-7H;6H,1-5,7H2;6H,1-4H2;1-4H2;8*1H4. The molecule has 5 saturated heterocycles. The van der Waals surface area contributed by atoms with Gasteiger partial charge in [0.1, 0.15) is 49.7 Å². The molecule has 9 aromatic rings. The maximum absolute atomic E-state index is 12.5. The van der Waals surface area contributed by atoms with Gasteiger partial charge in [0.2, 0.25) is 0 Å². The predicted molar refractivity (Wildman–Crippen MR) is 439 cm³/mol. The van der Waals surface area contributed by atoms with E-state index in [0.717, 1.165) is 56.2 Å². The number of ether oxygens (including phenoxy) is 3. The summed E-state index contributed by atoms with van der Waals surface area (Å²) in [6.45, 7) is 2.35. The van der Waals surface area contributed by atoms with E-state index in [0.29, 0.717) is 99.4 Å². The smallest absolute Gasteiger partial charge is 0.406 e. The molecular weight excluding hydrogens is 1560 g/mol. The van der Waals surface area contributed by atoms with Crippen molar-refractivity contribution < 1.29 is 66.9 Å². The first-order valence-corrected chi connectivity index (χ1v) is 39.6. The normalized spacial score (nSPS) is 15.7. The van der Waals surface area contributed by atoms with E-state index in [9.17, 15) is 52.7 Å². The first-order chi connectivity index (χ1) is 48.8. The number of sulfone groups is 1. The van der Waals surface area contributed by atoms with Gasteiger partial charge in [0, 0.05) is 60.0 Å². The van der Waals surface area contributed by atoms with E-state index >= 15 is 0 Å². The fourth-order valence-corrected chi connectivity index (χ4v) is 17.1. The summed E-state index contributed by atoms with van der Waals surface area (Å²) in [7, 11) is -2.91. The van der Waals surface area contributed by atoms with Crippen molar-refractivity contribution in [2.75, 3.05) is 87.8 Å². The van der Waals surface area contributed by atoms with Crippen molar-refractivity contribution >= 4 is 103 Å². The molecule has 110 heavy (non-hydrogen) atoms. The van der Waals surface area contributed by atoms with Gasteiger partial charge in [0.15, 0.2) is 16.9 Å². The van der Waals surface area contributed by atoms with Crippen LogP contribution in [0.15, 0.2) is 128 Å². The second-order valence-corrected chi connectivity index (χ2v) is 31.5. The molecule has 5 aliphatic heterocycles. The first kappa shape index (κ1) is 101. The van der Waals surface area contributed by atoms with Crippen LogP contribution in [0, 0.1) is 35.0 Å². The molecule has 0 aliphatic carbocycles. The second kappa shape index (κ2) is 48.5. The number of carbonyl (C=O) groups excluding carboxylic acids is 1. The lowest BCUT2D eigenvalue weighted by atomic mass is 10.0. The van der Waals surface area contributed by atoms with Gasteiger partial charge in [-0.1, -0.05) is 107 Å². The predicted octanol–water partition coefficient (Wildman–Crippen LogP) is 21.2. The number of alkyl halides is 9. The summed E-state index contributed by atoms with van der Waals surface area (Å²) in [6, 6.07) is 29.8. The number of nitrogens with two attached hydrogens (primary N) is 1. The number of imidazole rings is 3. The summed E-state index contributed by atoms with van der Waals surface area (Å²) in [5, 5.41) is 28.4. The summed E-state index contributed by atoms with van der Waals surface area (Å²) in [6.07, 6.45) is 0.550. The molecule has 612 valence electrons. The van der Waals surface area contributed by atoms with E-state index in [1.807, 2.05) is 47.4 Å². The number of nitriles is 1. The Balaban J connectivity index is 0.000000701. The lowest BCUT2D eigenvalue weighted by Crippen LogP contribution is -2.27. The average Bonchev–Trinajstić information content (AvgIpc) is 1.64. The van der Waals surface area contributed by atoms with Crippen molar-refractivity contribution in [1.82, 2.24) is 43.8 Å². The molecule has 3 aromatic carbocycles. The highest BCUT2D eigenvalue weighted by Gasteiger charge is 2.33. The van der Waals surface area contributed by atoms with Gasteiger partial charge in [-0.3, -0.25) is 4.79 Å². The van der Waals surface area contributed by atoms with E-state index in [1.54, 1.807) is 57.7 Å². The number of Topliss-reactive ketones (excluding diaryl/α,β-unsaturated/α-hetero) is 1. The van der Waals surface area contributed by atoms with Crippen LogP contribution >= 0.6 is 58.6 Å². The van der Waals surface area contributed by atoms with Crippen molar-refractivity contribution in [3.05, 3.63) is 133 Å². The molecule has 19 nitrogen and oxygen atoms in total. The molecule has 6 aromatic heterocycles. The summed E-state index contributed by atoms with van der Waals surface area (Å²) in [5.41, 5.74) is 10.3. The van der Waals surface area contributed by atoms with Crippen molar-refractivity contribution in [3.63, 3.8) is 0 Å². The lowest BCUT2D eigenvalue weighted by molar-refractivity contribution is -0.275. The van der Waals surface area contributed by atoms with Gasteiger partial charge in [0.05, 0.1) is 53.2 Å². The topological polar surface area (TPSA) is 243 Å². The van der Waals surface area contributed by atoms with Crippen molar-refractivity contribution in [1.29, 1.82) is 5.26 Å². The van der Waals surface area contributed by atoms with Gasteiger partial charge in [-0.15, -0.1) is 49.7 Å². The number of fused-ring (bicyclic) bond motifs is 3. The van der Waals surface area contributed by atoms with Gasteiger partial charge < -0.3 is 30.6 Å². The molecule has 0 bridgehead atoms. The number of rotatable bonds is 13. The van der Waals surface area contributed by atoms with Crippen molar-refractivity contribution in [3.8, 4) is 57.1 Å². The largest absolute Gasteiger partial charge is 0.573 e. The van der Waals surface area contributed by atoms with Crippen molar-refractivity contribution in [2.45, 2.75) is 143 Å². The second-order valence-electron chi connectivity index (χ2n) is 23.9. The van der Waals surface area contributed by atoms with Crippen LogP contribution in [0.4, 0.5) is 51.1 Å². The zero-order valence-corrected chi connectivity index (χ0v) is 59.9. The Morgan fingerprint density at radius 3 is 1.15 bits per heavy atom. The van der Waals surface area contributed by atoms with Crippen LogP contribution in [-0.4, -0.2) is 154 Å². The number of benzene rings is 3.